The van der Waals surface area contributed by atoms with E-state index in [1.54, 1.807) is 13.8 Å². The van der Waals surface area contributed by atoms with Crippen molar-refractivity contribution < 1.29 is 14.6 Å². The number of nitrogens with zero attached hydrogens (tertiary/aromatic N) is 2. The molecule has 1 aliphatic heterocycles. The molecule has 1 aromatic heterocycles. The molecule has 0 amide bonds. The van der Waals surface area contributed by atoms with Crippen molar-refractivity contribution in [1.29, 1.82) is 0 Å². The van der Waals surface area contributed by atoms with Gasteiger partial charge in [-0.1, -0.05) is 6.07 Å². The normalized spacial score (nSPS) is 15.4. The fraction of sp³-hybridized carbons (Fsp3) is 0.304. The number of esters is 1. The Morgan fingerprint density at radius 3 is 2.50 bits per heavy atom. The third-order valence-electron chi connectivity index (χ3n) is 5.12. The molecule has 0 saturated heterocycles. The number of rotatable bonds is 4. The zero-order valence-electron chi connectivity index (χ0n) is 17.3. The molecule has 0 fully saturated rings. The molecule has 5 nitrogen and oxygen atoms in total. The van der Waals surface area contributed by atoms with E-state index in [4.69, 9.17) is 4.74 Å². The highest BCUT2D eigenvalue weighted by molar-refractivity contribution is 6.22. The maximum Gasteiger partial charge on any atom is 0.343 e. The van der Waals surface area contributed by atoms with E-state index in [1.807, 2.05) is 19.9 Å². The summed E-state index contributed by atoms with van der Waals surface area (Å²) in [6.45, 7) is 12.0. The van der Waals surface area contributed by atoms with E-state index in [9.17, 15) is 9.90 Å². The van der Waals surface area contributed by atoms with Crippen LogP contribution in [-0.2, 0) is 9.53 Å². The van der Waals surface area contributed by atoms with Crippen LogP contribution in [0.5, 0.6) is 0 Å². The van der Waals surface area contributed by atoms with Crippen LogP contribution in [0, 0.1) is 27.7 Å². The lowest BCUT2D eigenvalue weighted by Gasteiger charge is -2.12. The third kappa shape index (κ3) is 3.40. The zero-order valence-corrected chi connectivity index (χ0v) is 17.3. The van der Waals surface area contributed by atoms with E-state index in [-0.39, 0.29) is 17.9 Å². The predicted octanol–water partition coefficient (Wildman–Crippen LogP) is 4.90. The van der Waals surface area contributed by atoms with Gasteiger partial charge in [0.05, 0.1) is 12.3 Å². The summed E-state index contributed by atoms with van der Waals surface area (Å²) < 4.78 is 7.20. The molecule has 146 valence electrons. The smallest absolute Gasteiger partial charge is 0.343 e. The maximum atomic E-state index is 12.1. The van der Waals surface area contributed by atoms with E-state index in [1.165, 1.54) is 11.1 Å². The van der Waals surface area contributed by atoms with Crippen molar-refractivity contribution in [1.82, 2.24) is 4.57 Å². The fourth-order valence-electron chi connectivity index (χ4n) is 3.48. The average Bonchev–Trinajstić information content (AvgIpc) is 3.06. The first-order chi connectivity index (χ1) is 13.2. The Bertz CT molecular complexity index is 1050. The molecular weight excluding hydrogens is 352 g/mol. The lowest BCUT2D eigenvalue weighted by Crippen LogP contribution is -2.13. The summed E-state index contributed by atoms with van der Waals surface area (Å²) in [5, 5.41) is 10.5. The number of ether oxygens (including phenoxy) is 1. The molecule has 0 radical (unpaired) electrons. The maximum absolute atomic E-state index is 12.1. The summed E-state index contributed by atoms with van der Waals surface area (Å²) >= 11 is 0. The highest BCUT2D eigenvalue weighted by Gasteiger charge is 2.28. The van der Waals surface area contributed by atoms with Gasteiger partial charge < -0.3 is 14.4 Å². The molecule has 2 aromatic rings. The molecule has 1 N–H and O–H groups in total. The van der Waals surface area contributed by atoms with E-state index in [0.717, 1.165) is 22.6 Å². The minimum absolute atomic E-state index is 0.132. The average molecular weight is 378 g/mol. The van der Waals surface area contributed by atoms with E-state index in [0.29, 0.717) is 11.4 Å². The number of aliphatic hydroxyl groups is 1. The molecule has 1 aliphatic rings. The Morgan fingerprint density at radius 2 is 1.86 bits per heavy atom. The van der Waals surface area contributed by atoms with E-state index in [2.05, 4.69) is 47.7 Å². The Kier molecular flexibility index (Phi) is 5.27. The highest BCUT2D eigenvalue weighted by atomic mass is 16.5. The molecule has 0 unspecified atom stereocenters. The third-order valence-corrected chi connectivity index (χ3v) is 5.12. The number of carbonyl (C=O) groups excluding carboxylic acids is 1. The van der Waals surface area contributed by atoms with Gasteiger partial charge in [0.15, 0.2) is 5.76 Å². The Hall–Kier alpha value is -3.08. The predicted molar refractivity (Wildman–Crippen MR) is 112 cm³/mol. The molecule has 0 atom stereocenters. The first kappa shape index (κ1) is 19.7. The number of benzene rings is 1. The van der Waals surface area contributed by atoms with Gasteiger partial charge in [-0.3, -0.25) is 0 Å². The minimum atomic E-state index is -0.551. The molecule has 2 heterocycles. The van der Waals surface area contributed by atoms with Crippen molar-refractivity contribution in [2.24, 2.45) is 4.99 Å². The highest BCUT2D eigenvalue weighted by Crippen LogP contribution is 2.29. The number of hydrogen-bond acceptors (Lipinski definition) is 4. The topological polar surface area (TPSA) is 63.8 Å². The summed E-state index contributed by atoms with van der Waals surface area (Å²) in [6, 6.07) is 8.44. The summed E-state index contributed by atoms with van der Waals surface area (Å²) in [5.41, 5.74) is 7.63. The minimum Gasteiger partial charge on any atom is -0.505 e. The number of carbonyl (C=O) groups is 1. The second-order valence-electron chi connectivity index (χ2n) is 7.10. The second-order valence-corrected chi connectivity index (χ2v) is 7.10. The van der Waals surface area contributed by atoms with Gasteiger partial charge in [-0.25, -0.2) is 9.79 Å². The van der Waals surface area contributed by atoms with Crippen LogP contribution in [0.1, 0.15) is 41.9 Å². The monoisotopic (exact) mass is 378 g/mol. The molecule has 1 aromatic carbocycles. The Morgan fingerprint density at radius 1 is 1.14 bits per heavy atom. The van der Waals surface area contributed by atoms with Crippen LogP contribution in [0.2, 0.25) is 0 Å². The number of hydrogen-bond donors (Lipinski definition) is 1. The van der Waals surface area contributed by atoms with Crippen molar-refractivity contribution in [3.8, 4) is 5.69 Å². The zero-order chi connectivity index (χ0) is 20.6. The van der Waals surface area contributed by atoms with Crippen LogP contribution in [0.3, 0.4) is 0 Å². The number of aryl methyl sites for hydroxylation is 3. The summed E-state index contributed by atoms with van der Waals surface area (Å²) in [7, 11) is 0. The SMILES string of the molecule is CCOC(=O)C1=C(O)/C(=C/c2cc(C)n(-c3ccc(C)c(C)c3)c2C)N=C1C. The number of aliphatic imine (C=N–C) groups is 1. The molecule has 0 bridgehead atoms. The number of aromatic nitrogens is 1. The molecule has 5 heteroatoms. The van der Waals surface area contributed by atoms with Crippen molar-refractivity contribution in [3.05, 3.63) is 69.4 Å². The lowest BCUT2D eigenvalue weighted by atomic mass is 10.1. The Balaban J connectivity index is 2.05. The van der Waals surface area contributed by atoms with Crippen LogP contribution in [0.4, 0.5) is 0 Å². The van der Waals surface area contributed by atoms with Gasteiger partial charge in [0.25, 0.3) is 0 Å². The van der Waals surface area contributed by atoms with E-state index < -0.39 is 5.97 Å². The van der Waals surface area contributed by atoms with Crippen LogP contribution in [0.15, 0.2) is 46.3 Å². The molecule has 0 saturated carbocycles. The van der Waals surface area contributed by atoms with Gasteiger partial charge in [-0.05, 0) is 82.5 Å². The summed E-state index contributed by atoms with van der Waals surface area (Å²) in [6.07, 6.45) is 1.81. The fourth-order valence-corrected chi connectivity index (χ4v) is 3.48. The summed E-state index contributed by atoms with van der Waals surface area (Å²) in [4.78, 5) is 16.5. The molecule has 0 aliphatic carbocycles. The molecule has 3 rings (SSSR count). The van der Waals surface area contributed by atoms with Crippen molar-refractivity contribution in [2.45, 2.75) is 41.5 Å². The van der Waals surface area contributed by atoms with Crippen LogP contribution in [0.25, 0.3) is 11.8 Å². The van der Waals surface area contributed by atoms with Gasteiger partial charge in [0.2, 0.25) is 0 Å². The van der Waals surface area contributed by atoms with Crippen molar-refractivity contribution >= 4 is 17.8 Å². The second kappa shape index (κ2) is 7.50. The first-order valence-electron chi connectivity index (χ1n) is 9.39. The van der Waals surface area contributed by atoms with Crippen LogP contribution >= 0.6 is 0 Å². The van der Waals surface area contributed by atoms with E-state index >= 15 is 0 Å². The molecule has 28 heavy (non-hydrogen) atoms. The van der Waals surface area contributed by atoms with Crippen LogP contribution < -0.4 is 0 Å². The quantitative estimate of drug-likeness (QED) is 0.770. The number of aliphatic hydroxyl groups excluding tert-OH is 1. The van der Waals surface area contributed by atoms with Gasteiger partial charge in [-0.15, -0.1) is 0 Å². The lowest BCUT2D eigenvalue weighted by molar-refractivity contribution is -0.138. The van der Waals surface area contributed by atoms with Crippen molar-refractivity contribution in [2.75, 3.05) is 6.61 Å². The standard InChI is InChI=1S/C23H26N2O3/c1-7-28-23(27)21-16(5)24-20(22(21)26)12-18-11-15(4)25(17(18)6)19-9-8-13(2)14(3)10-19/h8-12,26H,7H2,1-6H3/b20-12-. The van der Waals surface area contributed by atoms with Gasteiger partial charge in [0.1, 0.15) is 11.3 Å². The van der Waals surface area contributed by atoms with Gasteiger partial charge >= 0.3 is 5.97 Å². The first-order valence-corrected chi connectivity index (χ1v) is 9.39. The van der Waals surface area contributed by atoms with Crippen LogP contribution in [-0.4, -0.2) is 28.0 Å². The van der Waals surface area contributed by atoms with Gasteiger partial charge in [0, 0.05) is 17.1 Å². The molecular formula is C23H26N2O3. The molecule has 0 spiro atoms. The largest absolute Gasteiger partial charge is 0.505 e. The summed E-state index contributed by atoms with van der Waals surface area (Å²) in [5.74, 6) is -0.683. The van der Waals surface area contributed by atoms with Gasteiger partial charge in [-0.2, -0.15) is 0 Å². The van der Waals surface area contributed by atoms with Crippen molar-refractivity contribution in [3.63, 3.8) is 0 Å². The Labute approximate surface area is 165 Å².